The molecule has 1 heterocycles. The van der Waals surface area contributed by atoms with Crippen molar-refractivity contribution in [3.8, 4) is 0 Å². The molecule has 2 atom stereocenters. The molecule has 1 aliphatic heterocycles. The molecule has 2 nitrogen and oxygen atoms in total. The average Bonchev–Trinajstić information content (AvgIpc) is 2.51. The second-order valence-corrected chi connectivity index (χ2v) is 8.84. The Bertz CT molecular complexity index is 272. The van der Waals surface area contributed by atoms with Crippen LogP contribution in [0.25, 0.3) is 0 Å². The summed E-state index contributed by atoms with van der Waals surface area (Å²) in [5.74, 6) is 0.896. The van der Waals surface area contributed by atoms with E-state index in [0.717, 1.165) is 12.5 Å². The molecule has 20 heavy (non-hydrogen) atoms. The topological polar surface area (TPSA) is 15.3 Å². The SMILES string of the molecule is CC(CCNC(C)(C)C)N1CCCC(C(C)(C)C)CC1. The smallest absolute Gasteiger partial charge is 0.00965 e. The zero-order valence-electron chi connectivity index (χ0n) is 15.1. The van der Waals surface area contributed by atoms with E-state index < -0.39 is 0 Å². The lowest BCUT2D eigenvalue weighted by atomic mass is 9.77. The first-order valence-corrected chi connectivity index (χ1v) is 8.58. The van der Waals surface area contributed by atoms with E-state index in [9.17, 15) is 0 Å². The van der Waals surface area contributed by atoms with Gasteiger partial charge in [-0.05, 0) is 84.3 Å². The molecule has 0 amide bonds. The van der Waals surface area contributed by atoms with E-state index in [-0.39, 0.29) is 5.54 Å². The van der Waals surface area contributed by atoms with Crippen LogP contribution >= 0.6 is 0 Å². The number of hydrogen-bond donors (Lipinski definition) is 1. The van der Waals surface area contributed by atoms with Crippen molar-refractivity contribution in [2.45, 2.75) is 85.7 Å². The second kappa shape index (κ2) is 7.26. The summed E-state index contributed by atoms with van der Waals surface area (Å²) in [4.78, 5) is 2.72. The van der Waals surface area contributed by atoms with Crippen molar-refractivity contribution in [2.24, 2.45) is 11.3 Å². The van der Waals surface area contributed by atoms with Crippen LogP contribution in [-0.4, -0.2) is 36.1 Å². The number of nitrogens with zero attached hydrogens (tertiary/aromatic N) is 1. The van der Waals surface area contributed by atoms with Gasteiger partial charge in [-0.15, -0.1) is 0 Å². The van der Waals surface area contributed by atoms with Gasteiger partial charge in [0.15, 0.2) is 0 Å². The first-order chi connectivity index (χ1) is 9.09. The molecule has 0 aliphatic carbocycles. The van der Waals surface area contributed by atoms with Gasteiger partial charge in [-0.2, -0.15) is 0 Å². The van der Waals surface area contributed by atoms with Crippen molar-refractivity contribution in [2.75, 3.05) is 19.6 Å². The molecule has 0 aromatic carbocycles. The highest BCUT2D eigenvalue weighted by Crippen LogP contribution is 2.34. The Labute approximate surface area is 127 Å². The fourth-order valence-electron chi connectivity index (χ4n) is 3.26. The molecule has 2 heteroatoms. The number of nitrogens with one attached hydrogen (secondary N) is 1. The van der Waals surface area contributed by atoms with Gasteiger partial charge in [0.25, 0.3) is 0 Å². The van der Waals surface area contributed by atoms with Crippen LogP contribution in [0, 0.1) is 11.3 Å². The first kappa shape index (κ1) is 18.0. The Morgan fingerprint density at radius 3 is 2.25 bits per heavy atom. The van der Waals surface area contributed by atoms with E-state index in [1.807, 2.05) is 0 Å². The molecular formula is C18H38N2. The van der Waals surface area contributed by atoms with Gasteiger partial charge in [0.2, 0.25) is 0 Å². The van der Waals surface area contributed by atoms with Crippen LogP contribution in [-0.2, 0) is 0 Å². The lowest BCUT2D eigenvalue weighted by Gasteiger charge is -2.31. The summed E-state index contributed by atoms with van der Waals surface area (Å²) in [7, 11) is 0. The summed E-state index contributed by atoms with van der Waals surface area (Å²) in [6.07, 6.45) is 5.42. The van der Waals surface area contributed by atoms with Gasteiger partial charge in [0.05, 0.1) is 0 Å². The molecule has 1 N–H and O–H groups in total. The van der Waals surface area contributed by atoms with Crippen molar-refractivity contribution in [3.05, 3.63) is 0 Å². The fraction of sp³-hybridized carbons (Fsp3) is 1.00. The van der Waals surface area contributed by atoms with Crippen molar-refractivity contribution >= 4 is 0 Å². The van der Waals surface area contributed by atoms with E-state index in [4.69, 9.17) is 0 Å². The highest BCUT2D eigenvalue weighted by molar-refractivity contribution is 4.81. The van der Waals surface area contributed by atoms with E-state index in [0.29, 0.717) is 11.5 Å². The van der Waals surface area contributed by atoms with E-state index in [1.165, 1.54) is 38.8 Å². The third kappa shape index (κ3) is 6.58. The van der Waals surface area contributed by atoms with Gasteiger partial charge in [-0.3, -0.25) is 0 Å². The molecule has 0 saturated carbocycles. The maximum atomic E-state index is 3.61. The largest absolute Gasteiger partial charge is 0.312 e. The third-order valence-corrected chi connectivity index (χ3v) is 4.83. The summed E-state index contributed by atoms with van der Waals surface area (Å²) in [6, 6.07) is 0.712. The second-order valence-electron chi connectivity index (χ2n) is 8.84. The van der Waals surface area contributed by atoms with Crippen molar-refractivity contribution < 1.29 is 0 Å². The van der Waals surface area contributed by atoms with Crippen molar-refractivity contribution in [3.63, 3.8) is 0 Å². The Balaban J connectivity index is 2.37. The van der Waals surface area contributed by atoms with Gasteiger partial charge in [0.1, 0.15) is 0 Å². The minimum Gasteiger partial charge on any atom is -0.312 e. The van der Waals surface area contributed by atoms with Crippen LogP contribution in [0.15, 0.2) is 0 Å². The monoisotopic (exact) mass is 282 g/mol. The number of likely N-dealkylation sites (tertiary alicyclic amines) is 1. The molecule has 1 saturated heterocycles. The molecule has 120 valence electrons. The van der Waals surface area contributed by atoms with E-state index >= 15 is 0 Å². The summed E-state index contributed by atoms with van der Waals surface area (Å²) >= 11 is 0. The van der Waals surface area contributed by atoms with Gasteiger partial charge in [-0.1, -0.05) is 20.8 Å². The van der Waals surface area contributed by atoms with Crippen LogP contribution in [0.5, 0.6) is 0 Å². The van der Waals surface area contributed by atoms with Gasteiger partial charge in [0, 0.05) is 11.6 Å². The first-order valence-electron chi connectivity index (χ1n) is 8.58. The summed E-state index contributed by atoms with van der Waals surface area (Å²) in [5, 5.41) is 3.61. The Hall–Kier alpha value is -0.0800. The summed E-state index contributed by atoms with van der Waals surface area (Å²) in [6.45, 7) is 20.1. The standard InChI is InChI=1S/C18H38N2/c1-15(10-12-19-18(5,6)7)20-13-8-9-16(11-14-20)17(2,3)4/h15-16,19H,8-14H2,1-7H3. The molecule has 1 fully saturated rings. The molecule has 0 aromatic rings. The molecule has 1 rings (SSSR count). The van der Waals surface area contributed by atoms with Crippen LogP contribution in [0.4, 0.5) is 0 Å². The molecule has 2 unspecified atom stereocenters. The zero-order valence-corrected chi connectivity index (χ0v) is 15.1. The summed E-state index contributed by atoms with van der Waals surface area (Å²) < 4.78 is 0. The fourth-order valence-corrected chi connectivity index (χ4v) is 3.26. The van der Waals surface area contributed by atoms with Gasteiger partial charge >= 0.3 is 0 Å². The molecule has 0 bridgehead atoms. The minimum absolute atomic E-state index is 0.246. The van der Waals surface area contributed by atoms with Crippen molar-refractivity contribution in [1.29, 1.82) is 0 Å². The molecular weight excluding hydrogens is 244 g/mol. The molecule has 0 spiro atoms. The van der Waals surface area contributed by atoms with E-state index in [2.05, 4.69) is 58.7 Å². The normalized spacial score (nSPS) is 24.4. The van der Waals surface area contributed by atoms with Gasteiger partial charge < -0.3 is 10.2 Å². The van der Waals surface area contributed by atoms with Crippen molar-refractivity contribution in [1.82, 2.24) is 10.2 Å². The Kier molecular flexibility index (Phi) is 6.53. The highest BCUT2D eigenvalue weighted by Gasteiger charge is 2.28. The quantitative estimate of drug-likeness (QED) is 0.827. The van der Waals surface area contributed by atoms with Crippen LogP contribution in [0.1, 0.15) is 74.1 Å². The van der Waals surface area contributed by atoms with Gasteiger partial charge in [-0.25, -0.2) is 0 Å². The maximum absolute atomic E-state index is 3.61. The predicted molar refractivity (Wildman–Crippen MR) is 90.2 cm³/mol. The number of hydrogen-bond acceptors (Lipinski definition) is 2. The zero-order chi connectivity index (χ0) is 15.4. The van der Waals surface area contributed by atoms with E-state index in [1.54, 1.807) is 0 Å². The third-order valence-electron chi connectivity index (χ3n) is 4.83. The number of rotatable bonds is 4. The molecule has 0 aromatic heterocycles. The maximum Gasteiger partial charge on any atom is 0.00965 e. The van der Waals surface area contributed by atoms with Crippen LogP contribution in [0.3, 0.4) is 0 Å². The average molecular weight is 283 g/mol. The Morgan fingerprint density at radius 1 is 1.05 bits per heavy atom. The Morgan fingerprint density at radius 2 is 1.70 bits per heavy atom. The minimum atomic E-state index is 0.246. The molecule has 0 radical (unpaired) electrons. The lowest BCUT2D eigenvalue weighted by Crippen LogP contribution is -2.41. The van der Waals surface area contributed by atoms with Crippen LogP contribution < -0.4 is 5.32 Å². The predicted octanol–water partition coefficient (Wildman–Crippen LogP) is 4.30. The van der Waals surface area contributed by atoms with Crippen LogP contribution in [0.2, 0.25) is 0 Å². The lowest BCUT2D eigenvalue weighted by molar-refractivity contribution is 0.181. The molecule has 1 aliphatic rings. The highest BCUT2D eigenvalue weighted by atomic mass is 15.2. The summed E-state index contributed by atoms with van der Waals surface area (Å²) in [5.41, 5.74) is 0.725.